The molecule has 1 heterocycles. The van der Waals surface area contributed by atoms with Gasteiger partial charge in [-0.1, -0.05) is 46.5 Å². The third kappa shape index (κ3) is 5.86. The lowest BCUT2D eigenvalue weighted by atomic mass is 9.84. The summed E-state index contributed by atoms with van der Waals surface area (Å²) >= 11 is 0. The van der Waals surface area contributed by atoms with E-state index in [4.69, 9.17) is 9.47 Å². The monoisotopic (exact) mass is 230 g/mol. The van der Waals surface area contributed by atoms with Crippen molar-refractivity contribution >= 4 is 0 Å². The first kappa shape index (κ1) is 14.0. The Morgan fingerprint density at radius 2 is 1.06 bits per heavy atom. The number of ether oxygens (including phenoxy) is 2. The molecule has 1 aliphatic carbocycles. The largest absolute Gasteiger partial charge is 0.353 e. The quantitative estimate of drug-likeness (QED) is 0.624. The zero-order chi connectivity index (χ0) is 12.0. The van der Waals surface area contributed by atoms with Crippen molar-refractivity contribution < 1.29 is 10.9 Å². The predicted octanol–water partition coefficient (Wildman–Crippen LogP) is 4.09. The highest BCUT2D eigenvalue weighted by Gasteiger charge is 2.14. The first-order valence-corrected chi connectivity index (χ1v) is 6.81. The Kier molecular flexibility index (Phi) is 6.37. The van der Waals surface area contributed by atoms with Crippen LogP contribution in [0.2, 0.25) is 0 Å². The third-order valence-electron chi connectivity index (χ3n) is 3.54. The summed E-state index contributed by atoms with van der Waals surface area (Å²) in [5.41, 5.74) is 0. The average molecular weight is 230 g/mol. The molecule has 2 fully saturated rings. The van der Waals surface area contributed by atoms with Crippen LogP contribution in [-0.2, 0) is 9.47 Å². The van der Waals surface area contributed by atoms with Crippen LogP contribution in [0.25, 0.3) is 0 Å². The van der Waals surface area contributed by atoms with Crippen LogP contribution in [0.5, 0.6) is 0 Å². The molecule has 0 bridgehead atoms. The van der Waals surface area contributed by atoms with Gasteiger partial charge in [0.2, 0.25) is 0 Å². The van der Waals surface area contributed by atoms with E-state index in [1.807, 2.05) is 6.92 Å². The third-order valence-corrected chi connectivity index (χ3v) is 3.54. The van der Waals surface area contributed by atoms with E-state index in [-0.39, 0.29) is 7.72 Å². The Labute approximate surface area is 102 Å². The van der Waals surface area contributed by atoms with Gasteiger partial charge in [0.1, 0.15) is 0 Å². The number of hydrogen-bond acceptors (Lipinski definition) is 2. The lowest BCUT2D eigenvalue weighted by Crippen LogP contribution is -2.27. The summed E-state index contributed by atoms with van der Waals surface area (Å²) in [7, 11) is 0. The van der Waals surface area contributed by atoms with Gasteiger partial charge in [-0.15, -0.1) is 0 Å². The minimum absolute atomic E-state index is 0. The van der Waals surface area contributed by atoms with Gasteiger partial charge >= 0.3 is 0 Å². The molecule has 0 amide bonds. The van der Waals surface area contributed by atoms with Gasteiger partial charge in [-0.05, 0) is 18.8 Å². The zero-order valence-corrected chi connectivity index (χ0v) is 11.4. The van der Waals surface area contributed by atoms with Gasteiger partial charge < -0.3 is 9.47 Å². The molecule has 1 saturated heterocycles. The van der Waals surface area contributed by atoms with Crippen LogP contribution in [0.3, 0.4) is 0 Å². The molecule has 2 rings (SSSR count). The summed E-state index contributed by atoms with van der Waals surface area (Å²) in [6, 6.07) is 0. The van der Waals surface area contributed by atoms with Gasteiger partial charge in [0.05, 0.1) is 13.2 Å². The highest BCUT2D eigenvalue weighted by molar-refractivity contribution is 4.65. The van der Waals surface area contributed by atoms with E-state index in [9.17, 15) is 0 Å². The van der Waals surface area contributed by atoms with Gasteiger partial charge in [-0.3, -0.25) is 0 Å². The molecule has 16 heavy (non-hydrogen) atoms. The van der Waals surface area contributed by atoms with E-state index >= 15 is 0 Å². The van der Waals surface area contributed by atoms with E-state index < -0.39 is 0 Å². The van der Waals surface area contributed by atoms with Crippen LogP contribution in [0.15, 0.2) is 0 Å². The Hall–Kier alpha value is -0.0800. The maximum Gasteiger partial charge on any atom is 0.154 e. The summed E-state index contributed by atoms with van der Waals surface area (Å²) < 4.78 is 10.3. The highest BCUT2D eigenvalue weighted by Crippen LogP contribution is 2.27. The van der Waals surface area contributed by atoms with E-state index in [0.29, 0.717) is 5.92 Å². The average Bonchev–Trinajstić information content (AvgIpc) is 2.28. The van der Waals surface area contributed by atoms with Crippen LogP contribution < -0.4 is 0 Å². The molecule has 0 atom stereocenters. The van der Waals surface area contributed by atoms with Crippen molar-refractivity contribution in [3.05, 3.63) is 0 Å². The summed E-state index contributed by atoms with van der Waals surface area (Å²) in [6.07, 6.45) is 5.91. The molecule has 0 aromatic heterocycles. The fourth-order valence-corrected chi connectivity index (χ4v) is 2.12. The maximum atomic E-state index is 5.17. The van der Waals surface area contributed by atoms with E-state index in [0.717, 1.165) is 25.0 Å². The molecule has 1 saturated carbocycles. The molecule has 0 radical (unpaired) electrons. The molecule has 98 valence electrons. The van der Waals surface area contributed by atoms with Crippen molar-refractivity contribution in [3.8, 4) is 0 Å². The highest BCUT2D eigenvalue weighted by atomic mass is 16.7. The Morgan fingerprint density at radius 3 is 1.38 bits per heavy atom. The van der Waals surface area contributed by atoms with Crippen LogP contribution >= 0.6 is 0 Å². The van der Waals surface area contributed by atoms with Crippen molar-refractivity contribution in [2.75, 3.05) is 13.2 Å². The lowest BCUT2D eigenvalue weighted by Gasteiger charge is -2.24. The minimum atomic E-state index is 0. The molecule has 0 spiro atoms. The second-order valence-corrected chi connectivity index (χ2v) is 5.70. The summed E-state index contributed by atoms with van der Waals surface area (Å²) in [5.74, 6) is 2.61. The number of hydrogen-bond donors (Lipinski definition) is 0. The van der Waals surface area contributed by atoms with Gasteiger partial charge in [0.15, 0.2) is 6.29 Å². The Morgan fingerprint density at radius 1 is 0.688 bits per heavy atom. The normalized spacial score (nSPS) is 39.8. The van der Waals surface area contributed by atoms with E-state index in [1.165, 1.54) is 25.7 Å². The SMILES string of the molecule is CC1CCC(C)CC1.CC1COC(C)OC1.[HH]. The molecular formula is C14H30O2. The van der Waals surface area contributed by atoms with Crippen LogP contribution in [0.1, 0.15) is 54.8 Å². The molecule has 0 unspecified atom stereocenters. The van der Waals surface area contributed by atoms with Crippen molar-refractivity contribution in [1.82, 2.24) is 0 Å². The second-order valence-electron chi connectivity index (χ2n) is 5.70. The smallest absolute Gasteiger partial charge is 0.154 e. The summed E-state index contributed by atoms with van der Waals surface area (Å²) in [5, 5.41) is 0. The first-order valence-electron chi connectivity index (χ1n) is 6.81. The van der Waals surface area contributed by atoms with Gasteiger partial charge in [0.25, 0.3) is 0 Å². The number of rotatable bonds is 0. The Balaban J connectivity index is 0.000000284. The Bertz CT molecular complexity index is 131. The topological polar surface area (TPSA) is 18.5 Å². The maximum absolute atomic E-state index is 5.17. The molecule has 1 aliphatic heterocycles. The van der Waals surface area contributed by atoms with Crippen LogP contribution in [0, 0.1) is 17.8 Å². The minimum Gasteiger partial charge on any atom is -0.353 e. The molecule has 0 aromatic carbocycles. The molecule has 2 heteroatoms. The van der Waals surface area contributed by atoms with Crippen molar-refractivity contribution in [3.63, 3.8) is 0 Å². The van der Waals surface area contributed by atoms with Gasteiger partial charge in [0, 0.05) is 7.34 Å². The molecular weight excluding hydrogens is 200 g/mol. The summed E-state index contributed by atoms with van der Waals surface area (Å²) in [4.78, 5) is 0. The lowest BCUT2D eigenvalue weighted by molar-refractivity contribution is -0.187. The fraction of sp³-hybridized carbons (Fsp3) is 1.00. The first-order chi connectivity index (χ1) is 7.58. The van der Waals surface area contributed by atoms with Crippen LogP contribution in [0.4, 0.5) is 0 Å². The van der Waals surface area contributed by atoms with Crippen molar-refractivity contribution in [1.29, 1.82) is 0 Å². The fourth-order valence-electron chi connectivity index (χ4n) is 2.12. The molecule has 0 aromatic rings. The van der Waals surface area contributed by atoms with Crippen LogP contribution in [-0.4, -0.2) is 19.5 Å². The van der Waals surface area contributed by atoms with E-state index in [2.05, 4.69) is 20.8 Å². The molecule has 2 aliphatic rings. The van der Waals surface area contributed by atoms with Gasteiger partial charge in [-0.25, -0.2) is 0 Å². The van der Waals surface area contributed by atoms with E-state index in [1.54, 1.807) is 0 Å². The van der Waals surface area contributed by atoms with Crippen molar-refractivity contribution in [2.45, 2.75) is 59.7 Å². The second kappa shape index (κ2) is 7.29. The van der Waals surface area contributed by atoms with Gasteiger partial charge in [-0.2, -0.15) is 0 Å². The predicted molar refractivity (Wildman–Crippen MR) is 69.4 cm³/mol. The van der Waals surface area contributed by atoms with Crippen molar-refractivity contribution in [2.24, 2.45) is 17.8 Å². The molecule has 2 nitrogen and oxygen atoms in total. The molecule has 0 N–H and O–H groups in total. The zero-order valence-electron chi connectivity index (χ0n) is 11.4. The summed E-state index contributed by atoms with van der Waals surface area (Å²) in [6.45, 7) is 10.5. The standard InChI is InChI=1S/C8H16.C6H12O2.H2/c1-7-3-5-8(2)6-4-7;1-5-3-7-6(2)8-4-5;/h7-8H,3-6H2,1-2H3;5-6H,3-4H2,1-2H3;1H.